The molecule has 0 aliphatic heterocycles. The number of benzene rings is 3. The Kier molecular flexibility index (Phi) is 6.03. The first-order valence-electron chi connectivity index (χ1n) is 9.31. The molecule has 4 rings (SSSR count). The first-order chi connectivity index (χ1) is 15.0. The summed E-state index contributed by atoms with van der Waals surface area (Å²) in [5, 5.41) is 10.2. The number of nitriles is 1. The molecule has 0 bridgehead atoms. The van der Waals surface area contributed by atoms with E-state index in [0.717, 1.165) is 11.1 Å². The fraction of sp³-hybridized carbons (Fsp3) is 0.0417. The second-order valence-corrected chi connectivity index (χ2v) is 7.59. The molecule has 152 valence electrons. The molecular weight excluding hydrogens is 433 g/mol. The van der Waals surface area contributed by atoms with Gasteiger partial charge in [0.15, 0.2) is 5.82 Å². The third-order valence-electron chi connectivity index (χ3n) is 4.51. The van der Waals surface area contributed by atoms with Gasteiger partial charge >= 0.3 is 0 Å². The Labute approximate surface area is 188 Å². The van der Waals surface area contributed by atoms with Crippen molar-refractivity contribution in [3.63, 3.8) is 0 Å². The van der Waals surface area contributed by atoms with Gasteiger partial charge in [0.1, 0.15) is 12.4 Å². The van der Waals surface area contributed by atoms with Crippen molar-refractivity contribution < 1.29 is 4.74 Å². The monoisotopic (exact) mass is 447 g/mol. The predicted molar refractivity (Wildman–Crippen MR) is 123 cm³/mol. The average molecular weight is 448 g/mol. The lowest BCUT2D eigenvalue weighted by atomic mass is 10.1. The minimum atomic E-state index is -0.314. The van der Waals surface area contributed by atoms with Crippen LogP contribution in [0, 0.1) is 11.3 Å². The smallest absolute Gasteiger partial charge is 0.259 e. The van der Waals surface area contributed by atoms with Crippen molar-refractivity contribution in [2.45, 2.75) is 6.61 Å². The fourth-order valence-electron chi connectivity index (χ4n) is 3.03. The summed E-state index contributed by atoms with van der Waals surface area (Å²) in [4.78, 5) is 19.5. The minimum Gasteiger partial charge on any atom is -0.489 e. The van der Waals surface area contributed by atoms with Crippen LogP contribution in [0.15, 0.2) is 71.5 Å². The maximum atomic E-state index is 12.3. The summed E-state index contributed by atoms with van der Waals surface area (Å²) in [6.45, 7) is 0.332. The lowest BCUT2D eigenvalue weighted by molar-refractivity contribution is 0.306. The van der Waals surface area contributed by atoms with Gasteiger partial charge in [0.05, 0.1) is 27.6 Å². The fourth-order valence-corrected chi connectivity index (χ4v) is 3.42. The molecule has 0 saturated heterocycles. The summed E-state index contributed by atoms with van der Waals surface area (Å²) < 4.78 is 5.84. The second-order valence-electron chi connectivity index (χ2n) is 6.74. The molecule has 0 aliphatic rings. The van der Waals surface area contributed by atoms with Crippen molar-refractivity contribution in [2.24, 2.45) is 0 Å². The molecule has 0 unspecified atom stereocenters. The van der Waals surface area contributed by atoms with E-state index in [9.17, 15) is 4.79 Å². The number of aromatic amines is 1. The van der Waals surface area contributed by atoms with Crippen LogP contribution in [0.3, 0.4) is 0 Å². The van der Waals surface area contributed by atoms with Crippen LogP contribution in [-0.2, 0) is 6.61 Å². The van der Waals surface area contributed by atoms with Crippen LogP contribution in [0.5, 0.6) is 5.75 Å². The van der Waals surface area contributed by atoms with E-state index in [1.165, 1.54) is 0 Å². The number of ether oxygens (including phenoxy) is 1. The SMILES string of the molecule is N#Cc1cccc(COc2cccc(/C=C(\Cl)c3nc4ccc(Cl)cc4c(=O)[nH]3)c2)c1. The van der Waals surface area contributed by atoms with E-state index in [1.54, 1.807) is 36.4 Å². The standard InChI is InChI=1S/C24H15Cl2N3O2/c25-18-7-8-22-20(12-18)24(30)29-23(28-22)21(26)11-15-3-2-6-19(10-15)31-14-17-5-1-4-16(9-17)13-27/h1-12H,14H2,(H,28,29,30)/b21-11-. The van der Waals surface area contributed by atoms with E-state index in [4.69, 9.17) is 33.2 Å². The van der Waals surface area contributed by atoms with Crippen molar-refractivity contribution >= 4 is 45.2 Å². The molecule has 0 radical (unpaired) electrons. The first-order valence-corrected chi connectivity index (χ1v) is 10.1. The summed E-state index contributed by atoms with van der Waals surface area (Å²) >= 11 is 12.4. The van der Waals surface area contributed by atoms with Gasteiger partial charge in [-0.25, -0.2) is 4.98 Å². The molecule has 4 aromatic rings. The molecule has 3 aromatic carbocycles. The van der Waals surface area contributed by atoms with Crippen LogP contribution in [-0.4, -0.2) is 9.97 Å². The zero-order valence-corrected chi connectivity index (χ0v) is 17.6. The highest BCUT2D eigenvalue weighted by atomic mass is 35.5. The van der Waals surface area contributed by atoms with Gasteiger partial charge in [-0.1, -0.05) is 47.5 Å². The molecule has 0 fully saturated rings. The van der Waals surface area contributed by atoms with E-state index in [2.05, 4.69) is 16.0 Å². The first kappa shape index (κ1) is 20.7. The molecule has 31 heavy (non-hydrogen) atoms. The van der Waals surface area contributed by atoms with Crippen LogP contribution in [0.4, 0.5) is 0 Å². The van der Waals surface area contributed by atoms with Gasteiger partial charge in [-0.15, -0.1) is 0 Å². The van der Waals surface area contributed by atoms with Gasteiger partial charge in [-0.2, -0.15) is 5.26 Å². The van der Waals surface area contributed by atoms with Gasteiger partial charge in [-0.3, -0.25) is 4.79 Å². The predicted octanol–water partition coefficient (Wildman–Crippen LogP) is 5.76. The lowest BCUT2D eigenvalue weighted by Crippen LogP contribution is -2.10. The Morgan fingerprint density at radius 2 is 1.97 bits per heavy atom. The Morgan fingerprint density at radius 3 is 2.81 bits per heavy atom. The molecule has 0 atom stereocenters. The number of nitrogens with one attached hydrogen (secondary N) is 1. The number of aromatic nitrogens is 2. The van der Waals surface area contributed by atoms with Crippen LogP contribution in [0.2, 0.25) is 5.02 Å². The second kappa shape index (κ2) is 9.05. The van der Waals surface area contributed by atoms with Crippen molar-refractivity contribution in [1.82, 2.24) is 9.97 Å². The molecule has 0 saturated carbocycles. The summed E-state index contributed by atoms with van der Waals surface area (Å²) in [6, 6.07) is 21.7. The highest BCUT2D eigenvalue weighted by Gasteiger charge is 2.08. The molecule has 1 N–H and O–H groups in total. The Balaban J connectivity index is 1.56. The molecule has 0 aliphatic carbocycles. The average Bonchev–Trinajstić information content (AvgIpc) is 2.78. The molecular formula is C24H15Cl2N3O2. The number of halogens is 2. The summed E-state index contributed by atoms with van der Waals surface area (Å²) in [7, 11) is 0. The van der Waals surface area contributed by atoms with Crippen LogP contribution < -0.4 is 10.3 Å². The van der Waals surface area contributed by atoms with E-state index in [1.807, 2.05) is 36.4 Å². The van der Waals surface area contributed by atoms with Crippen molar-refractivity contribution in [2.75, 3.05) is 0 Å². The molecule has 1 aromatic heterocycles. The topological polar surface area (TPSA) is 78.8 Å². The summed E-state index contributed by atoms with van der Waals surface area (Å²) in [5.41, 5.74) is 2.46. The number of hydrogen-bond donors (Lipinski definition) is 1. The molecule has 1 heterocycles. The van der Waals surface area contributed by atoms with E-state index in [-0.39, 0.29) is 16.4 Å². The van der Waals surface area contributed by atoms with E-state index >= 15 is 0 Å². The molecule has 0 amide bonds. The molecule has 7 heteroatoms. The number of H-pyrrole nitrogens is 1. The number of rotatable bonds is 5. The molecule has 0 spiro atoms. The summed E-state index contributed by atoms with van der Waals surface area (Å²) in [6.07, 6.45) is 1.70. The van der Waals surface area contributed by atoms with E-state index in [0.29, 0.717) is 33.8 Å². The van der Waals surface area contributed by atoms with Gasteiger partial charge in [-0.05, 0) is 59.7 Å². The maximum Gasteiger partial charge on any atom is 0.259 e. The van der Waals surface area contributed by atoms with Crippen molar-refractivity contribution in [3.8, 4) is 11.8 Å². The normalized spacial score (nSPS) is 11.3. The zero-order valence-electron chi connectivity index (χ0n) is 16.1. The third-order valence-corrected chi connectivity index (χ3v) is 5.03. The van der Waals surface area contributed by atoms with Crippen LogP contribution in [0.1, 0.15) is 22.5 Å². The van der Waals surface area contributed by atoms with Gasteiger partial charge < -0.3 is 9.72 Å². The Hall–Kier alpha value is -3.59. The summed E-state index contributed by atoms with van der Waals surface area (Å²) in [5.74, 6) is 0.913. The lowest BCUT2D eigenvalue weighted by Gasteiger charge is -2.08. The number of fused-ring (bicyclic) bond motifs is 1. The Bertz CT molecular complexity index is 1400. The quantitative estimate of drug-likeness (QED) is 0.421. The number of nitrogens with zero attached hydrogens (tertiary/aromatic N) is 2. The highest BCUT2D eigenvalue weighted by molar-refractivity contribution is 6.50. The van der Waals surface area contributed by atoms with Crippen molar-refractivity contribution in [1.29, 1.82) is 5.26 Å². The van der Waals surface area contributed by atoms with E-state index < -0.39 is 0 Å². The van der Waals surface area contributed by atoms with Gasteiger partial charge in [0.25, 0.3) is 5.56 Å². The largest absolute Gasteiger partial charge is 0.489 e. The van der Waals surface area contributed by atoms with Crippen LogP contribution in [0.25, 0.3) is 22.0 Å². The minimum absolute atomic E-state index is 0.265. The molecule has 5 nitrogen and oxygen atoms in total. The number of hydrogen-bond acceptors (Lipinski definition) is 4. The van der Waals surface area contributed by atoms with Gasteiger partial charge in [0, 0.05) is 5.02 Å². The maximum absolute atomic E-state index is 12.3. The van der Waals surface area contributed by atoms with Crippen LogP contribution >= 0.6 is 23.2 Å². The van der Waals surface area contributed by atoms with Gasteiger partial charge in [0.2, 0.25) is 0 Å². The highest BCUT2D eigenvalue weighted by Crippen LogP contribution is 2.23. The Morgan fingerprint density at radius 1 is 1.13 bits per heavy atom. The third kappa shape index (κ3) is 4.95. The zero-order chi connectivity index (χ0) is 21.8. The van der Waals surface area contributed by atoms with Crippen molar-refractivity contribution in [3.05, 3.63) is 105 Å².